The van der Waals surface area contributed by atoms with Crippen molar-refractivity contribution in [1.82, 2.24) is 9.88 Å². The van der Waals surface area contributed by atoms with Crippen molar-refractivity contribution in [3.63, 3.8) is 0 Å². The lowest BCUT2D eigenvalue weighted by Crippen LogP contribution is -2.29. The van der Waals surface area contributed by atoms with Gasteiger partial charge in [0.25, 0.3) is 5.91 Å². The lowest BCUT2D eigenvalue weighted by atomic mass is 9.90. The second-order valence-corrected chi connectivity index (χ2v) is 5.66. The molecule has 1 aliphatic carbocycles. The van der Waals surface area contributed by atoms with Crippen LogP contribution in [-0.4, -0.2) is 27.8 Å². The monoisotopic (exact) mass is 334 g/mol. The molecule has 7 heteroatoms. The summed E-state index contributed by atoms with van der Waals surface area (Å²) < 4.78 is 40.1. The summed E-state index contributed by atoms with van der Waals surface area (Å²) in [5.41, 5.74) is -0.538. The number of pyridine rings is 1. The highest BCUT2D eigenvalue weighted by molar-refractivity contribution is 6.21. The Morgan fingerprint density at radius 1 is 1.12 bits per heavy atom. The molecule has 3 rings (SSSR count). The number of hydrogen-bond donors (Lipinski definition) is 0. The number of amides is 1. The van der Waals surface area contributed by atoms with Gasteiger partial charge in [-0.1, -0.05) is 0 Å². The molecule has 0 aromatic carbocycles. The highest BCUT2D eigenvalue weighted by atomic mass is 19.4. The Labute approximate surface area is 136 Å². The summed E-state index contributed by atoms with van der Waals surface area (Å²) in [5.74, 6) is -1.95. The zero-order valence-corrected chi connectivity index (χ0v) is 12.9. The molecule has 0 fully saturated rings. The maximum atomic E-state index is 13.4. The van der Waals surface area contributed by atoms with Gasteiger partial charge in [-0.25, -0.2) is 0 Å². The van der Waals surface area contributed by atoms with E-state index >= 15 is 0 Å². The number of halogens is 3. The maximum absolute atomic E-state index is 13.4. The minimum Gasteiger partial charge on any atom is -0.303 e. The van der Waals surface area contributed by atoms with Crippen molar-refractivity contribution in [1.29, 1.82) is 0 Å². The number of aromatic nitrogens is 1. The molecular formula is C17H13F3N2O2. The second-order valence-electron chi connectivity index (χ2n) is 5.66. The quantitative estimate of drug-likeness (QED) is 0.835. The van der Waals surface area contributed by atoms with E-state index in [1.54, 1.807) is 19.1 Å². The Morgan fingerprint density at radius 2 is 1.75 bits per heavy atom. The number of carbonyl (C=O) groups is 2. The van der Waals surface area contributed by atoms with E-state index in [9.17, 15) is 22.8 Å². The van der Waals surface area contributed by atoms with E-state index < -0.39 is 29.0 Å². The Morgan fingerprint density at radius 3 is 2.33 bits per heavy atom. The molecule has 0 atom stereocenters. The second kappa shape index (κ2) is 5.43. The van der Waals surface area contributed by atoms with Crippen LogP contribution in [0.3, 0.4) is 0 Å². The molecule has 2 aliphatic rings. The van der Waals surface area contributed by atoms with Gasteiger partial charge in [-0.05, 0) is 43.2 Å². The van der Waals surface area contributed by atoms with Crippen LogP contribution in [0, 0.1) is 0 Å². The van der Waals surface area contributed by atoms with Gasteiger partial charge in [0.05, 0.1) is 17.8 Å². The van der Waals surface area contributed by atoms with Crippen molar-refractivity contribution in [2.45, 2.75) is 26.6 Å². The van der Waals surface area contributed by atoms with Crippen molar-refractivity contribution in [2.24, 2.45) is 0 Å². The number of carbonyl (C=O) groups excluding carboxylic acids is 2. The van der Waals surface area contributed by atoms with Crippen molar-refractivity contribution in [2.75, 3.05) is 0 Å². The molecule has 0 radical (unpaired) electrons. The van der Waals surface area contributed by atoms with Gasteiger partial charge in [0, 0.05) is 18.0 Å². The molecule has 0 saturated carbocycles. The van der Waals surface area contributed by atoms with Gasteiger partial charge < -0.3 is 4.90 Å². The average molecular weight is 334 g/mol. The van der Waals surface area contributed by atoms with E-state index in [0.29, 0.717) is 11.1 Å². The number of allylic oxidation sites excluding steroid dienone is 4. The molecule has 0 saturated heterocycles. The van der Waals surface area contributed by atoms with E-state index in [1.807, 2.05) is 0 Å². The SMILES string of the molecule is CC1=C(C)C(=O)C2=C(C(F)(F)F)C(=O)N(Cc3ccncc3)C2=C1. The number of hydrogen-bond acceptors (Lipinski definition) is 3. The van der Waals surface area contributed by atoms with Crippen LogP contribution in [0.15, 0.2) is 58.6 Å². The van der Waals surface area contributed by atoms with Crippen molar-refractivity contribution in [3.8, 4) is 0 Å². The first-order valence-corrected chi connectivity index (χ1v) is 7.18. The standard InChI is InChI=1S/C17H13F3N2O2/c1-9-7-12-13(15(23)10(9)2)14(17(18,19)20)16(24)22(12)8-11-3-5-21-6-4-11/h3-7H,8H2,1-2H3. The predicted octanol–water partition coefficient (Wildman–Crippen LogP) is 3.09. The number of nitrogens with zero attached hydrogens (tertiary/aromatic N) is 2. The largest absolute Gasteiger partial charge is 0.422 e. The van der Waals surface area contributed by atoms with Gasteiger partial charge >= 0.3 is 6.18 Å². The highest BCUT2D eigenvalue weighted by Crippen LogP contribution is 2.43. The van der Waals surface area contributed by atoms with Gasteiger partial charge in [-0.3, -0.25) is 14.6 Å². The Bertz CT molecular complexity index is 833. The summed E-state index contributed by atoms with van der Waals surface area (Å²) in [6, 6.07) is 3.22. The van der Waals surface area contributed by atoms with Crippen LogP contribution in [0.2, 0.25) is 0 Å². The molecule has 1 amide bonds. The molecular weight excluding hydrogens is 321 g/mol. The molecule has 24 heavy (non-hydrogen) atoms. The maximum Gasteiger partial charge on any atom is 0.422 e. The fourth-order valence-corrected chi connectivity index (χ4v) is 2.76. The molecule has 0 unspecified atom stereocenters. The number of ketones is 1. The summed E-state index contributed by atoms with van der Waals surface area (Å²) in [6.07, 6.45) is -0.446. The number of fused-ring (bicyclic) bond motifs is 1. The normalized spacial score (nSPS) is 18.4. The fraction of sp³-hybridized carbons (Fsp3) is 0.235. The van der Waals surface area contributed by atoms with Crippen molar-refractivity contribution < 1.29 is 22.8 Å². The Kier molecular flexibility index (Phi) is 3.66. The van der Waals surface area contributed by atoms with Crippen LogP contribution in [0.25, 0.3) is 0 Å². The molecule has 0 N–H and O–H groups in total. The molecule has 1 aromatic heterocycles. The third-order valence-corrected chi connectivity index (χ3v) is 4.14. The smallest absolute Gasteiger partial charge is 0.303 e. The molecule has 4 nitrogen and oxygen atoms in total. The summed E-state index contributed by atoms with van der Waals surface area (Å²) in [5, 5.41) is 0. The van der Waals surface area contributed by atoms with Crippen LogP contribution in [0.5, 0.6) is 0 Å². The van der Waals surface area contributed by atoms with Crippen LogP contribution >= 0.6 is 0 Å². The minimum atomic E-state index is -4.89. The molecule has 1 aliphatic heterocycles. The van der Waals surface area contributed by atoms with E-state index in [1.165, 1.54) is 25.4 Å². The average Bonchev–Trinajstić information content (AvgIpc) is 2.79. The summed E-state index contributed by atoms with van der Waals surface area (Å²) >= 11 is 0. The molecule has 2 heterocycles. The highest BCUT2D eigenvalue weighted by Gasteiger charge is 2.51. The summed E-state index contributed by atoms with van der Waals surface area (Å²) in [7, 11) is 0. The minimum absolute atomic E-state index is 0.0113. The van der Waals surface area contributed by atoms with Crippen LogP contribution in [-0.2, 0) is 16.1 Å². The first kappa shape index (κ1) is 16.2. The zero-order valence-electron chi connectivity index (χ0n) is 12.9. The van der Waals surface area contributed by atoms with Gasteiger partial charge in [-0.15, -0.1) is 0 Å². The molecule has 0 bridgehead atoms. The lowest BCUT2D eigenvalue weighted by Gasteiger charge is -2.22. The third kappa shape index (κ3) is 2.46. The van der Waals surface area contributed by atoms with Gasteiger partial charge in [0.15, 0.2) is 5.78 Å². The Balaban J connectivity index is 2.14. The van der Waals surface area contributed by atoms with E-state index in [2.05, 4.69) is 4.98 Å². The fourth-order valence-electron chi connectivity index (χ4n) is 2.76. The predicted molar refractivity (Wildman–Crippen MR) is 79.3 cm³/mol. The van der Waals surface area contributed by atoms with Gasteiger partial charge in [0.2, 0.25) is 0 Å². The lowest BCUT2D eigenvalue weighted by molar-refractivity contribution is -0.136. The molecule has 124 valence electrons. The third-order valence-electron chi connectivity index (χ3n) is 4.14. The van der Waals surface area contributed by atoms with Crippen molar-refractivity contribution >= 4 is 11.7 Å². The van der Waals surface area contributed by atoms with E-state index in [-0.39, 0.29) is 17.8 Å². The van der Waals surface area contributed by atoms with E-state index in [0.717, 1.165) is 4.90 Å². The van der Waals surface area contributed by atoms with Crippen LogP contribution in [0.4, 0.5) is 13.2 Å². The number of rotatable bonds is 2. The van der Waals surface area contributed by atoms with Gasteiger partial charge in [0.1, 0.15) is 5.57 Å². The number of Topliss-reactive ketones (excluding diaryl/α,β-unsaturated/α-hetero) is 1. The molecule has 1 aromatic rings. The van der Waals surface area contributed by atoms with E-state index in [4.69, 9.17) is 0 Å². The van der Waals surface area contributed by atoms with Gasteiger partial charge in [-0.2, -0.15) is 13.2 Å². The summed E-state index contributed by atoms with van der Waals surface area (Å²) in [6.45, 7) is 3.04. The zero-order chi connectivity index (χ0) is 17.6. The number of alkyl halides is 3. The van der Waals surface area contributed by atoms with Crippen LogP contribution < -0.4 is 0 Å². The Hall–Kier alpha value is -2.70. The first-order chi connectivity index (χ1) is 11.2. The first-order valence-electron chi connectivity index (χ1n) is 7.18. The van der Waals surface area contributed by atoms with Crippen molar-refractivity contribution in [3.05, 3.63) is 64.2 Å². The topological polar surface area (TPSA) is 50.3 Å². The van der Waals surface area contributed by atoms with Crippen LogP contribution in [0.1, 0.15) is 19.4 Å². The molecule has 0 spiro atoms. The summed E-state index contributed by atoms with van der Waals surface area (Å²) in [4.78, 5) is 29.6.